The van der Waals surface area contributed by atoms with Gasteiger partial charge in [0.2, 0.25) is 0 Å². The van der Waals surface area contributed by atoms with E-state index in [1.165, 1.54) is 6.92 Å². The molecule has 0 bridgehead atoms. The molecule has 0 aromatic rings. The molecule has 0 saturated heterocycles. The minimum absolute atomic E-state index is 0.0930. The Hall–Kier alpha value is -1.05. The van der Waals surface area contributed by atoms with Gasteiger partial charge in [0, 0.05) is 0 Å². The maximum atomic E-state index is 10.5. The average molecular weight is 158 g/mol. The van der Waals surface area contributed by atoms with Crippen LogP contribution in [0, 0.1) is 11.8 Å². The SMILES string of the molecule is CC(O)C(=O)OCC#CCO. The molecule has 4 heteroatoms. The third kappa shape index (κ3) is 5.40. The van der Waals surface area contributed by atoms with Crippen molar-refractivity contribution in [2.45, 2.75) is 13.0 Å². The van der Waals surface area contributed by atoms with Crippen molar-refractivity contribution in [3.05, 3.63) is 0 Å². The lowest BCUT2D eigenvalue weighted by Crippen LogP contribution is -2.19. The standard InChI is InChI=1S/C7H10O4/c1-6(9)7(10)11-5-3-2-4-8/h6,8-9H,4-5H2,1H3. The number of aliphatic hydroxyl groups is 2. The molecule has 0 aliphatic rings. The van der Waals surface area contributed by atoms with Gasteiger partial charge in [0.1, 0.15) is 12.7 Å². The van der Waals surface area contributed by atoms with Gasteiger partial charge in [0.25, 0.3) is 0 Å². The fourth-order valence-electron chi connectivity index (χ4n) is 0.335. The van der Waals surface area contributed by atoms with Crippen molar-refractivity contribution in [2.24, 2.45) is 0 Å². The Labute approximate surface area is 64.8 Å². The van der Waals surface area contributed by atoms with Crippen LogP contribution in [0.4, 0.5) is 0 Å². The van der Waals surface area contributed by atoms with Crippen LogP contribution in [0.25, 0.3) is 0 Å². The molecule has 0 aromatic heterocycles. The zero-order valence-corrected chi connectivity index (χ0v) is 6.20. The minimum atomic E-state index is -1.12. The number of carbonyl (C=O) groups is 1. The van der Waals surface area contributed by atoms with Gasteiger partial charge in [-0.25, -0.2) is 4.79 Å². The molecule has 4 nitrogen and oxygen atoms in total. The highest BCUT2D eigenvalue weighted by Gasteiger charge is 2.07. The van der Waals surface area contributed by atoms with Crippen LogP contribution in [-0.4, -0.2) is 35.5 Å². The highest BCUT2D eigenvalue weighted by molar-refractivity contribution is 5.73. The first-order valence-corrected chi connectivity index (χ1v) is 3.09. The molecule has 11 heavy (non-hydrogen) atoms. The molecule has 0 saturated carbocycles. The summed E-state index contributed by atoms with van der Waals surface area (Å²) in [7, 11) is 0. The first kappa shape index (κ1) is 9.95. The van der Waals surface area contributed by atoms with Crippen molar-refractivity contribution in [1.82, 2.24) is 0 Å². The van der Waals surface area contributed by atoms with Gasteiger partial charge in [0.15, 0.2) is 6.61 Å². The predicted octanol–water partition coefficient (Wildman–Crippen LogP) is -1.09. The first-order valence-electron chi connectivity index (χ1n) is 3.09. The average Bonchev–Trinajstić information content (AvgIpc) is 1.97. The molecule has 0 aliphatic heterocycles. The molecule has 0 rings (SSSR count). The topological polar surface area (TPSA) is 66.8 Å². The van der Waals surface area contributed by atoms with Crippen LogP contribution in [0.3, 0.4) is 0 Å². The van der Waals surface area contributed by atoms with Gasteiger partial charge in [-0.3, -0.25) is 0 Å². The van der Waals surface area contributed by atoms with Crippen molar-refractivity contribution >= 4 is 5.97 Å². The summed E-state index contributed by atoms with van der Waals surface area (Å²) in [5.74, 6) is 3.95. The van der Waals surface area contributed by atoms with Crippen LogP contribution in [0.2, 0.25) is 0 Å². The van der Waals surface area contributed by atoms with Crippen LogP contribution >= 0.6 is 0 Å². The largest absolute Gasteiger partial charge is 0.451 e. The molecule has 0 aromatic carbocycles. The summed E-state index contributed by atoms with van der Waals surface area (Å²) in [6.45, 7) is 0.957. The normalized spacial score (nSPS) is 11.2. The highest BCUT2D eigenvalue weighted by Crippen LogP contribution is 1.84. The number of hydrogen-bond acceptors (Lipinski definition) is 4. The van der Waals surface area contributed by atoms with Crippen LogP contribution in [0.5, 0.6) is 0 Å². The number of esters is 1. The van der Waals surface area contributed by atoms with E-state index in [1.54, 1.807) is 0 Å². The monoisotopic (exact) mass is 158 g/mol. The van der Waals surface area contributed by atoms with E-state index in [-0.39, 0.29) is 13.2 Å². The molecule has 0 spiro atoms. The second-order valence-corrected chi connectivity index (χ2v) is 1.80. The molecular formula is C7H10O4. The molecule has 62 valence electrons. The summed E-state index contributed by atoms with van der Waals surface area (Å²) in [6, 6.07) is 0. The molecule has 0 heterocycles. The Kier molecular flexibility index (Phi) is 5.17. The Bertz CT molecular complexity index is 175. The van der Waals surface area contributed by atoms with E-state index in [0.717, 1.165) is 0 Å². The van der Waals surface area contributed by atoms with Gasteiger partial charge in [-0.15, -0.1) is 0 Å². The van der Waals surface area contributed by atoms with Gasteiger partial charge in [-0.2, -0.15) is 0 Å². The molecule has 0 radical (unpaired) electrons. The second kappa shape index (κ2) is 5.71. The summed E-state index contributed by atoms with van der Waals surface area (Å²) in [6.07, 6.45) is -1.12. The van der Waals surface area contributed by atoms with E-state index >= 15 is 0 Å². The summed E-state index contributed by atoms with van der Waals surface area (Å²) in [4.78, 5) is 10.5. The van der Waals surface area contributed by atoms with Crippen LogP contribution in [0.1, 0.15) is 6.92 Å². The number of rotatable bonds is 2. The Morgan fingerprint density at radius 3 is 2.73 bits per heavy atom. The molecule has 1 unspecified atom stereocenters. The van der Waals surface area contributed by atoms with Crippen molar-refractivity contribution in [3.8, 4) is 11.8 Å². The highest BCUT2D eigenvalue weighted by atomic mass is 16.5. The maximum Gasteiger partial charge on any atom is 0.335 e. The number of carbonyl (C=O) groups excluding carboxylic acids is 1. The molecule has 0 amide bonds. The van der Waals surface area contributed by atoms with E-state index in [1.807, 2.05) is 0 Å². The minimum Gasteiger partial charge on any atom is -0.451 e. The van der Waals surface area contributed by atoms with Gasteiger partial charge >= 0.3 is 5.97 Å². The molecular weight excluding hydrogens is 148 g/mol. The maximum absolute atomic E-state index is 10.5. The summed E-state index contributed by atoms with van der Waals surface area (Å²) in [5, 5.41) is 16.8. The van der Waals surface area contributed by atoms with E-state index in [4.69, 9.17) is 10.2 Å². The smallest absolute Gasteiger partial charge is 0.335 e. The lowest BCUT2D eigenvalue weighted by molar-refractivity contribution is -0.150. The van der Waals surface area contributed by atoms with Gasteiger partial charge < -0.3 is 14.9 Å². The number of hydrogen-bond donors (Lipinski definition) is 2. The van der Waals surface area contributed by atoms with Gasteiger partial charge in [-0.05, 0) is 6.92 Å². The Morgan fingerprint density at radius 2 is 2.27 bits per heavy atom. The predicted molar refractivity (Wildman–Crippen MR) is 37.5 cm³/mol. The van der Waals surface area contributed by atoms with E-state index in [2.05, 4.69) is 16.6 Å². The Balaban J connectivity index is 3.47. The number of aliphatic hydroxyl groups excluding tert-OH is 2. The molecule has 2 N–H and O–H groups in total. The lowest BCUT2D eigenvalue weighted by Gasteiger charge is -2.01. The Morgan fingerprint density at radius 1 is 1.64 bits per heavy atom. The van der Waals surface area contributed by atoms with Crippen molar-refractivity contribution < 1.29 is 19.7 Å². The summed E-state index contributed by atoms with van der Waals surface area (Å²) < 4.78 is 4.43. The van der Waals surface area contributed by atoms with E-state index in [9.17, 15) is 4.79 Å². The fraction of sp³-hybridized carbons (Fsp3) is 0.571. The lowest BCUT2D eigenvalue weighted by atomic mass is 10.4. The van der Waals surface area contributed by atoms with Crippen molar-refractivity contribution in [2.75, 3.05) is 13.2 Å². The van der Waals surface area contributed by atoms with Crippen LogP contribution in [0.15, 0.2) is 0 Å². The molecule has 0 fully saturated rings. The van der Waals surface area contributed by atoms with E-state index < -0.39 is 12.1 Å². The zero-order chi connectivity index (χ0) is 8.69. The van der Waals surface area contributed by atoms with Crippen LogP contribution in [-0.2, 0) is 9.53 Å². The quantitative estimate of drug-likeness (QED) is 0.395. The van der Waals surface area contributed by atoms with Gasteiger partial charge in [0.05, 0.1) is 0 Å². The number of ether oxygens (including phenoxy) is 1. The molecule has 0 aliphatic carbocycles. The third-order valence-electron chi connectivity index (χ3n) is 0.832. The second-order valence-electron chi connectivity index (χ2n) is 1.80. The van der Waals surface area contributed by atoms with E-state index in [0.29, 0.717) is 0 Å². The zero-order valence-electron chi connectivity index (χ0n) is 6.20. The van der Waals surface area contributed by atoms with Crippen molar-refractivity contribution in [3.63, 3.8) is 0 Å². The molecule has 1 atom stereocenters. The van der Waals surface area contributed by atoms with Crippen molar-refractivity contribution in [1.29, 1.82) is 0 Å². The summed E-state index contributed by atoms with van der Waals surface area (Å²) >= 11 is 0. The van der Waals surface area contributed by atoms with Gasteiger partial charge in [-0.1, -0.05) is 11.8 Å². The fourth-order valence-corrected chi connectivity index (χ4v) is 0.335. The third-order valence-corrected chi connectivity index (χ3v) is 0.832. The summed E-state index contributed by atoms with van der Waals surface area (Å²) in [5.41, 5.74) is 0. The first-order chi connectivity index (χ1) is 5.18. The van der Waals surface area contributed by atoms with Crippen LogP contribution < -0.4 is 0 Å².